The highest BCUT2D eigenvalue weighted by Gasteiger charge is 2.18. The van der Waals surface area contributed by atoms with Gasteiger partial charge in [0.15, 0.2) is 0 Å². The first-order chi connectivity index (χ1) is 11.7. The number of carbonyl (C=O) groups is 1. The van der Waals surface area contributed by atoms with Gasteiger partial charge >= 0.3 is 0 Å². The molecule has 24 heavy (non-hydrogen) atoms. The lowest BCUT2D eigenvalue weighted by molar-refractivity contribution is 0.0932. The monoisotopic (exact) mass is 338 g/mol. The fourth-order valence-corrected chi connectivity index (χ4v) is 4.64. The summed E-state index contributed by atoms with van der Waals surface area (Å²) in [6.45, 7) is 2.11. The first-order valence-corrected chi connectivity index (χ1v) is 9.52. The molecule has 1 saturated carbocycles. The standard InChI is InChI=1S/C20H22N2OS/c1-14-13-15-7-5-6-10-17(15)22(14)19-12-11-18(24-19)20(23)21-16-8-3-2-4-9-16/h5-7,10-13,16H,2-4,8-9H2,1H3,(H,21,23). The maximum absolute atomic E-state index is 12.5. The molecule has 3 aromatic rings. The summed E-state index contributed by atoms with van der Waals surface area (Å²) in [6.07, 6.45) is 6.00. The summed E-state index contributed by atoms with van der Waals surface area (Å²) in [5, 5.41) is 5.54. The highest BCUT2D eigenvalue weighted by atomic mass is 32.1. The number of benzene rings is 1. The van der Waals surface area contributed by atoms with Gasteiger partial charge in [0, 0.05) is 17.1 Å². The molecule has 4 rings (SSSR count). The van der Waals surface area contributed by atoms with Crippen LogP contribution in [0.3, 0.4) is 0 Å². The van der Waals surface area contributed by atoms with E-state index >= 15 is 0 Å². The largest absolute Gasteiger partial charge is 0.349 e. The first-order valence-electron chi connectivity index (χ1n) is 8.70. The molecule has 0 aliphatic heterocycles. The molecule has 2 heterocycles. The molecular weight excluding hydrogens is 316 g/mol. The summed E-state index contributed by atoms with van der Waals surface area (Å²) in [7, 11) is 0. The Kier molecular flexibility index (Phi) is 4.15. The predicted molar refractivity (Wildman–Crippen MR) is 100 cm³/mol. The van der Waals surface area contributed by atoms with Crippen LogP contribution >= 0.6 is 11.3 Å². The van der Waals surface area contributed by atoms with Crippen LogP contribution in [0.25, 0.3) is 15.9 Å². The van der Waals surface area contributed by atoms with Crippen molar-refractivity contribution >= 4 is 28.1 Å². The molecule has 0 radical (unpaired) electrons. The van der Waals surface area contributed by atoms with E-state index in [0.29, 0.717) is 6.04 Å². The zero-order valence-corrected chi connectivity index (χ0v) is 14.7. The number of para-hydroxylation sites is 1. The van der Waals surface area contributed by atoms with Crippen molar-refractivity contribution in [3.05, 3.63) is 53.0 Å². The molecule has 0 atom stereocenters. The van der Waals surface area contributed by atoms with Crippen LogP contribution in [-0.4, -0.2) is 16.5 Å². The second-order valence-electron chi connectivity index (χ2n) is 6.63. The van der Waals surface area contributed by atoms with E-state index in [1.165, 1.54) is 35.9 Å². The number of aromatic nitrogens is 1. The van der Waals surface area contributed by atoms with E-state index in [2.05, 4.69) is 53.2 Å². The third kappa shape index (κ3) is 2.86. The van der Waals surface area contributed by atoms with Crippen LogP contribution in [0.1, 0.15) is 47.5 Å². The molecule has 1 aliphatic rings. The minimum atomic E-state index is 0.0762. The van der Waals surface area contributed by atoms with Gasteiger partial charge in [0.2, 0.25) is 0 Å². The second-order valence-corrected chi connectivity index (χ2v) is 7.69. The molecule has 124 valence electrons. The Balaban J connectivity index is 1.60. The third-order valence-corrected chi connectivity index (χ3v) is 5.94. The van der Waals surface area contributed by atoms with Crippen molar-refractivity contribution in [2.45, 2.75) is 45.1 Å². The topological polar surface area (TPSA) is 34.0 Å². The number of amides is 1. The maximum atomic E-state index is 12.5. The van der Waals surface area contributed by atoms with E-state index in [1.54, 1.807) is 11.3 Å². The summed E-state index contributed by atoms with van der Waals surface area (Å²) in [5.74, 6) is 0.0762. The number of nitrogens with one attached hydrogen (secondary N) is 1. The van der Waals surface area contributed by atoms with Gasteiger partial charge < -0.3 is 9.88 Å². The third-order valence-electron chi connectivity index (χ3n) is 4.87. The van der Waals surface area contributed by atoms with Crippen molar-refractivity contribution in [1.82, 2.24) is 9.88 Å². The molecule has 1 aliphatic carbocycles. The molecule has 0 bridgehead atoms. The summed E-state index contributed by atoms with van der Waals surface area (Å²) in [6, 6.07) is 14.9. The highest BCUT2D eigenvalue weighted by Crippen LogP contribution is 2.29. The van der Waals surface area contributed by atoms with Crippen molar-refractivity contribution in [3.8, 4) is 5.00 Å². The highest BCUT2D eigenvalue weighted by molar-refractivity contribution is 7.16. The molecule has 1 fully saturated rings. The Morgan fingerprint density at radius 2 is 1.92 bits per heavy atom. The molecule has 0 unspecified atom stereocenters. The molecular formula is C20H22N2OS. The van der Waals surface area contributed by atoms with Crippen molar-refractivity contribution in [2.24, 2.45) is 0 Å². The van der Waals surface area contributed by atoms with Crippen LogP contribution in [0, 0.1) is 6.92 Å². The van der Waals surface area contributed by atoms with Crippen LogP contribution in [0.4, 0.5) is 0 Å². The number of carbonyl (C=O) groups excluding carboxylic acids is 1. The Labute approximate surface area is 146 Å². The van der Waals surface area contributed by atoms with E-state index in [4.69, 9.17) is 0 Å². The van der Waals surface area contributed by atoms with Crippen molar-refractivity contribution < 1.29 is 4.79 Å². The molecule has 3 nitrogen and oxygen atoms in total. The fraction of sp³-hybridized carbons (Fsp3) is 0.350. The van der Waals surface area contributed by atoms with Crippen LogP contribution in [0.2, 0.25) is 0 Å². The number of thiophene rings is 1. The summed E-state index contributed by atoms with van der Waals surface area (Å²) >= 11 is 1.57. The zero-order valence-electron chi connectivity index (χ0n) is 13.9. The first kappa shape index (κ1) is 15.5. The summed E-state index contributed by atoms with van der Waals surface area (Å²) < 4.78 is 2.23. The van der Waals surface area contributed by atoms with Crippen molar-refractivity contribution in [2.75, 3.05) is 0 Å². The van der Waals surface area contributed by atoms with Gasteiger partial charge in [0.1, 0.15) is 5.00 Å². The molecule has 1 aromatic carbocycles. The van der Waals surface area contributed by atoms with Gasteiger partial charge in [-0.3, -0.25) is 4.79 Å². The van der Waals surface area contributed by atoms with Crippen molar-refractivity contribution in [3.63, 3.8) is 0 Å². The quantitative estimate of drug-likeness (QED) is 0.711. The minimum Gasteiger partial charge on any atom is -0.349 e. The Morgan fingerprint density at radius 1 is 1.12 bits per heavy atom. The number of nitrogens with zero attached hydrogens (tertiary/aromatic N) is 1. The molecule has 1 N–H and O–H groups in total. The molecule has 0 spiro atoms. The Hall–Kier alpha value is -2.07. The van der Waals surface area contributed by atoms with Gasteiger partial charge in [0.05, 0.1) is 10.4 Å². The fourth-order valence-electron chi connectivity index (χ4n) is 3.66. The van der Waals surface area contributed by atoms with Gasteiger partial charge in [-0.25, -0.2) is 0 Å². The van der Waals surface area contributed by atoms with Crippen LogP contribution in [0.5, 0.6) is 0 Å². The Bertz CT molecular complexity index is 871. The Morgan fingerprint density at radius 3 is 2.75 bits per heavy atom. The lowest BCUT2D eigenvalue weighted by Gasteiger charge is -2.22. The van der Waals surface area contributed by atoms with Gasteiger partial charge in [-0.15, -0.1) is 11.3 Å². The molecule has 4 heteroatoms. The van der Waals surface area contributed by atoms with E-state index < -0.39 is 0 Å². The molecule has 2 aromatic heterocycles. The lowest BCUT2D eigenvalue weighted by Crippen LogP contribution is -2.35. The normalized spacial score (nSPS) is 15.7. The van der Waals surface area contributed by atoms with Gasteiger partial charge in [-0.1, -0.05) is 37.5 Å². The van der Waals surface area contributed by atoms with Gasteiger partial charge in [0.25, 0.3) is 5.91 Å². The maximum Gasteiger partial charge on any atom is 0.261 e. The average Bonchev–Trinajstić information content (AvgIpc) is 3.19. The molecule has 0 saturated heterocycles. The van der Waals surface area contributed by atoms with E-state index in [0.717, 1.165) is 22.7 Å². The predicted octanol–water partition coefficient (Wildman–Crippen LogP) is 5.06. The van der Waals surface area contributed by atoms with Crippen LogP contribution in [-0.2, 0) is 0 Å². The van der Waals surface area contributed by atoms with Gasteiger partial charge in [-0.2, -0.15) is 0 Å². The number of aryl methyl sites for hydroxylation is 1. The van der Waals surface area contributed by atoms with E-state index in [1.807, 2.05) is 6.07 Å². The number of fused-ring (bicyclic) bond motifs is 1. The smallest absolute Gasteiger partial charge is 0.261 e. The van der Waals surface area contributed by atoms with Gasteiger partial charge in [-0.05, 0) is 44.0 Å². The zero-order chi connectivity index (χ0) is 16.5. The summed E-state index contributed by atoms with van der Waals surface area (Å²) in [4.78, 5) is 13.3. The van der Waals surface area contributed by atoms with E-state index in [-0.39, 0.29) is 5.91 Å². The number of rotatable bonds is 3. The number of hydrogen-bond acceptors (Lipinski definition) is 2. The lowest BCUT2D eigenvalue weighted by atomic mass is 9.95. The van der Waals surface area contributed by atoms with Crippen molar-refractivity contribution in [1.29, 1.82) is 0 Å². The number of hydrogen-bond donors (Lipinski definition) is 1. The molecule has 1 amide bonds. The second kappa shape index (κ2) is 6.44. The summed E-state index contributed by atoms with van der Waals surface area (Å²) in [5.41, 5.74) is 2.38. The minimum absolute atomic E-state index is 0.0762. The van der Waals surface area contributed by atoms with E-state index in [9.17, 15) is 4.79 Å². The average molecular weight is 338 g/mol. The van der Waals surface area contributed by atoms with Crippen LogP contribution < -0.4 is 5.32 Å². The van der Waals surface area contributed by atoms with Crippen LogP contribution in [0.15, 0.2) is 42.5 Å². The SMILES string of the molecule is Cc1cc2ccccc2n1-c1ccc(C(=O)NC2CCCCC2)s1.